The average molecular weight is 413 g/mol. The number of hydrogen-bond acceptors (Lipinski definition) is 5. The van der Waals surface area contributed by atoms with Crippen molar-refractivity contribution in [2.75, 3.05) is 11.9 Å². The number of aliphatic imine (C=N–C) groups is 1. The Hall–Kier alpha value is -2.63. The number of hydrogen-bond donors (Lipinski definition) is 1. The monoisotopic (exact) mass is 412 g/mol. The van der Waals surface area contributed by atoms with Crippen molar-refractivity contribution in [3.05, 3.63) is 68.9 Å². The largest absolute Gasteiger partial charge is 0.423 e. The first-order valence-electron chi connectivity index (χ1n) is 8.87. The second-order valence-electron chi connectivity index (χ2n) is 6.62. The van der Waals surface area contributed by atoms with Gasteiger partial charge >= 0.3 is 6.01 Å². The van der Waals surface area contributed by atoms with Crippen molar-refractivity contribution in [3.8, 4) is 11.8 Å². The smallest absolute Gasteiger partial charge is 0.325 e. The van der Waals surface area contributed by atoms with Gasteiger partial charge < -0.3 is 10.1 Å². The topological polar surface area (TPSA) is 59.4 Å². The van der Waals surface area contributed by atoms with Gasteiger partial charge in [0.15, 0.2) is 0 Å². The Kier molecular flexibility index (Phi) is 5.20. The number of benzene rings is 1. The lowest BCUT2D eigenvalue weighted by atomic mass is 10.1. The van der Waals surface area contributed by atoms with E-state index in [2.05, 4.69) is 33.3 Å². The fourth-order valence-corrected chi connectivity index (χ4v) is 3.62. The number of allylic oxidation sites excluding steroid dienone is 2. The summed E-state index contributed by atoms with van der Waals surface area (Å²) in [4.78, 5) is 13.0. The molecule has 0 fully saturated rings. The molecule has 28 heavy (non-hydrogen) atoms. The molecule has 0 amide bonds. The Balaban J connectivity index is 1.56. The molecule has 2 heterocycles. The van der Waals surface area contributed by atoms with E-state index >= 15 is 0 Å². The van der Waals surface area contributed by atoms with Gasteiger partial charge in [0.2, 0.25) is 0 Å². The molecule has 4 rings (SSSR count). The number of nitrogens with zero attached hydrogens (tertiary/aromatic N) is 3. The number of ether oxygens (including phenoxy) is 1. The normalized spacial score (nSPS) is 15.4. The van der Waals surface area contributed by atoms with Crippen LogP contribution in [0.25, 0.3) is 6.08 Å². The fraction of sp³-hybridized carbons (Fsp3) is 0.190. The van der Waals surface area contributed by atoms with Crippen molar-refractivity contribution < 1.29 is 4.74 Å². The molecule has 0 atom stereocenters. The Labute approximate surface area is 173 Å². The van der Waals surface area contributed by atoms with Gasteiger partial charge in [0.05, 0.1) is 11.6 Å². The summed E-state index contributed by atoms with van der Waals surface area (Å²) in [6.07, 6.45) is 8.94. The van der Waals surface area contributed by atoms with Crippen molar-refractivity contribution in [1.82, 2.24) is 9.97 Å². The van der Waals surface area contributed by atoms with Gasteiger partial charge in [-0.25, -0.2) is 0 Å². The molecule has 0 bridgehead atoms. The maximum atomic E-state index is 6.53. The van der Waals surface area contributed by atoms with Gasteiger partial charge in [0.25, 0.3) is 0 Å². The Morgan fingerprint density at radius 1 is 1.18 bits per heavy atom. The van der Waals surface area contributed by atoms with Gasteiger partial charge in [-0.05, 0) is 43.5 Å². The van der Waals surface area contributed by atoms with Gasteiger partial charge in [-0.1, -0.05) is 53.1 Å². The van der Waals surface area contributed by atoms with Crippen LogP contribution in [0.15, 0.2) is 52.6 Å². The van der Waals surface area contributed by atoms with Crippen LogP contribution >= 0.6 is 23.2 Å². The van der Waals surface area contributed by atoms with E-state index in [1.807, 2.05) is 37.3 Å². The van der Waals surface area contributed by atoms with Crippen LogP contribution in [0.2, 0.25) is 10.2 Å². The molecule has 1 aromatic heterocycles. The zero-order valence-electron chi connectivity index (χ0n) is 15.5. The summed E-state index contributed by atoms with van der Waals surface area (Å²) in [6.45, 7) is 4.69. The molecule has 0 unspecified atom stereocenters. The van der Waals surface area contributed by atoms with Crippen molar-refractivity contribution in [1.29, 1.82) is 0 Å². The highest BCUT2D eigenvalue weighted by molar-refractivity contribution is 6.33. The summed E-state index contributed by atoms with van der Waals surface area (Å²) in [5.41, 5.74) is 4.56. The van der Waals surface area contributed by atoms with Crippen LogP contribution in [0, 0.1) is 0 Å². The molecule has 1 N–H and O–H groups in total. The summed E-state index contributed by atoms with van der Waals surface area (Å²) >= 11 is 12.7. The van der Waals surface area contributed by atoms with E-state index in [1.165, 1.54) is 11.1 Å². The molecule has 0 saturated carbocycles. The predicted octanol–water partition coefficient (Wildman–Crippen LogP) is 5.86. The number of fused-ring (bicyclic) bond motifs is 1. The lowest BCUT2D eigenvalue weighted by molar-refractivity contribution is 0.443. The minimum absolute atomic E-state index is 0.117. The van der Waals surface area contributed by atoms with E-state index in [4.69, 9.17) is 27.9 Å². The quantitative estimate of drug-likeness (QED) is 0.638. The van der Waals surface area contributed by atoms with Gasteiger partial charge in [-0.3, -0.25) is 4.99 Å². The van der Waals surface area contributed by atoms with Gasteiger partial charge in [0, 0.05) is 11.6 Å². The molecular formula is C21H18Cl2N4O. The first kappa shape index (κ1) is 18.7. The lowest BCUT2D eigenvalue weighted by Gasteiger charge is -2.11. The SMILES string of the molecule is C/C=C/C1=CC(Nc2cc(Cl)nc(Oc3ccc4c(c3Cl)C=C(C)C4)n2)=NC1. The van der Waals surface area contributed by atoms with Crippen molar-refractivity contribution in [2.45, 2.75) is 20.3 Å². The molecule has 1 aliphatic heterocycles. The molecule has 5 nitrogen and oxygen atoms in total. The summed E-state index contributed by atoms with van der Waals surface area (Å²) in [5, 5.41) is 3.95. The molecule has 1 aliphatic carbocycles. The molecule has 2 aliphatic rings. The van der Waals surface area contributed by atoms with Crippen LogP contribution in [0.4, 0.5) is 5.82 Å². The number of amidine groups is 1. The molecule has 7 heteroatoms. The van der Waals surface area contributed by atoms with Gasteiger partial charge in [-0.2, -0.15) is 9.97 Å². The maximum Gasteiger partial charge on any atom is 0.325 e. The van der Waals surface area contributed by atoms with Crippen LogP contribution < -0.4 is 10.1 Å². The zero-order chi connectivity index (χ0) is 19.7. The first-order valence-corrected chi connectivity index (χ1v) is 9.63. The molecule has 0 saturated heterocycles. The van der Waals surface area contributed by atoms with Crippen LogP contribution in [0.3, 0.4) is 0 Å². The highest BCUT2D eigenvalue weighted by Crippen LogP contribution is 2.38. The van der Waals surface area contributed by atoms with E-state index < -0.39 is 0 Å². The minimum Gasteiger partial charge on any atom is -0.423 e. The van der Waals surface area contributed by atoms with Crippen LogP contribution in [0.5, 0.6) is 11.8 Å². The Bertz CT molecular complexity index is 1070. The third-order valence-electron chi connectivity index (χ3n) is 4.36. The third-order valence-corrected chi connectivity index (χ3v) is 4.94. The third kappa shape index (κ3) is 3.96. The van der Waals surface area contributed by atoms with E-state index in [1.54, 1.807) is 6.07 Å². The fourth-order valence-electron chi connectivity index (χ4n) is 3.17. The second-order valence-corrected chi connectivity index (χ2v) is 7.39. The summed E-state index contributed by atoms with van der Waals surface area (Å²) in [6, 6.07) is 5.58. The summed E-state index contributed by atoms with van der Waals surface area (Å²) in [7, 11) is 0. The van der Waals surface area contributed by atoms with Crippen LogP contribution in [-0.4, -0.2) is 22.3 Å². The molecule has 2 aromatic rings. The second kappa shape index (κ2) is 7.78. The Morgan fingerprint density at radius 3 is 2.86 bits per heavy atom. The van der Waals surface area contributed by atoms with E-state index in [0.29, 0.717) is 29.0 Å². The number of anilines is 1. The Morgan fingerprint density at radius 2 is 2.04 bits per heavy atom. The number of nitrogens with one attached hydrogen (secondary N) is 1. The summed E-state index contributed by atoms with van der Waals surface area (Å²) < 4.78 is 5.84. The standard InChI is InChI=1S/C21H18Cl2N4O/c1-3-4-13-9-18(24-11-13)26-19-10-17(22)25-21(27-19)28-16-6-5-14-7-12(2)8-15(14)20(16)23/h3-6,8-10H,7,11H2,1-2H3,(H,24,25,26,27)/b4-3+. The van der Waals surface area contributed by atoms with Crippen LogP contribution in [0.1, 0.15) is 25.0 Å². The molecular weight excluding hydrogens is 395 g/mol. The van der Waals surface area contributed by atoms with E-state index in [9.17, 15) is 0 Å². The van der Waals surface area contributed by atoms with Crippen molar-refractivity contribution in [3.63, 3.8) is 0 Å². The van der Waals surface area contributed by atoms with E-state index in [-0.39, 0.29) is 11.2 Å². The minimum atomic E-state index is 0.117. The maximum absolute atomic E-state index is 6.53. The highest BCUT2D eigenvalue weighted by atomic mass is 35.5. The highest BCUT2D eigenvalue weighted by Gasteiger charge is 2.18. The average Bonchev–Trinajstić information content (AvgIpc) is 3.23. The molecule has 0 spiro atoms. The number of aromatic nitrogens is 2. The zero-order valence-corrected chi connectivity index (χ0v) is 17.0. The van der Waals surface area contributed by atoms with E-state index in [0.717, 1.165) is 17.6 Å². The molecule has 0 radical (unpaired) electrons. The van der Waals surface area contributed by atoms with Gasteiger partial charge in [0.1, 0.15) is 22.6 Å². The molecule has 142 valence electrons. The van der Waals surface area contributed by atoms with Crippen molar-refractivity contribution >= 4 is 40.9 Å². The predicted molar refractivity (Wildman–Crippen MR) is 115 cm³/mol. The number of rotatable bonds is 4. The van der Waals surface area contributed by atoms with Crippen LogP contribution in [-0.2, 0) is 6.42 Å². The first-order chi connectivity index (χ1) is 13.5. The summed E-state index contributed by atoms with van der Waals surface area (Å²) in [5.74, 6) is 1.71. The molecule has 1 aromatic carbocycles. The van der Waals surface area contributed by atoms with Gasteiger partial charge in [-0.15, -0.1) is 0 Å². The number of halogens is 2. The lowest BCUT2D eigenvalue weighted by Crippen LogP contribution is -2.09. The van der Waals surface area contributed by atoms with Crippen molar-refractivity contribution in [2.24, 2.45) is 4.99 Å².